The van der Waals surface area contributed by atoms with Gasteiger partial charge in [0.15, 0.2) is 23.0 Å². The molecule has 0 spiro atoms. The zero-order valence-corrected chi connectivity index (χ0v) is 30.9. The Balaban J connectivity index is 0.000000286. The molecule has 53 heavy (non-hydrogen) atoms. The van der Waals surface area contributed by atoms with Gasteiger partial charge in [-0.2, -0.15) is 10.5 Å². The Hall–Kier alpha value is -5.82. The molecule has 0 unspecified atom stereocenters. The molecule has 2 aromatic carbocycles. The van der Waals surface area contributed by atoms with Crippen molar-refractivity contribution in [3.05, 3.63) is 87.8 Å². The molecule has 0 aliphatic carbocycles. The van der Waals surface area contributed by atoms with E-state index in [9.17, 15) is 14.8 Å². The molecule has 0 atom stereocenters. The van der Waals surface area contributed by atoms with Gasteiger partial charge in [-0.25, -0.2) is 29.5 Å². The first-order chi connectivity index (χ1) is 25.2. The monoisotopic (exact) mass is 764 g/mol. The van der Waals surface area contributed by atoms with Crippen molar-refractivity contribution in [3.63, 3.8) is 0 Å². The molecule has 4 aromatic rings. The number of ether oxygens (including phenoxy) is 2. The zero-order valence-electron chi connectivity index (χ0n) is 29.4. The van der Waals surface area contributed by atoms with Gasteiger partial charge in [0.25, 0.3) is 0 Å². The van der Waals surface area contributed by atoms with Gasteiger partial charge in [0, 0.05) is 23.0 Å². The zero-order chi connectivity index (χ0) is 38.8. The van der Waals surface area contributed by atoms with Gasteiger partial charge < -0.3 is 34.9 Å². The molecular weight excluding hydrogens is 727 g/mol. The van der Waals surface area contributed by atoms with Gasteiger partial charge in [-0.05, 0) is 56.9 Å². The Morgan fingerprint density at radius 3 is 1.58 bits per heavy atom. The summed E-state index contributed by atoms with van der Waals surface area (Å²) in [6, 6.07) is 12.4. The highest BCUT2D eigenvalue weighted by Gasteiger charge is 2.12. The van der Waals surface area contributed by atoms with E-state index in [1.807, 2.05) is 26.2 Å². The van der Waals surface area contributed by atoms with Gasteiger partial charge in [0.1, 0.15) is 23.6 Å². The molecule has 0 saturated heterocycles. The van der Waals surface area contributed by atoms with Crippen LogP contribution in [-0.4, -0.2) is 96.0 Å². The third-order valence-corrected chi connectivity index (χ3v) is 6.97. The third kappa shape index (κ3) is 15.9. The topological polar surface area (TPSA) is 226 Å². The van der Waals surface area contributed by atoms with Gasteiger partial charge in [0.2, 0.25) is 0 Å². The van der Waals surface area contributed by atoms with Gasteiger partial charge in [-0.1, -0.05) is 23.2 Å². The van der Waals surface area contributed by atoms with Crippen LogP contribution in [0.1, 0.15) is 24.2 Å². The standard InChI is InChI=1S/C17H19ClN6O3.C17H19ClN6O2/c1-24(2,26)6-3-7-27-15-5-4-12(18)8-14(15)22-17(25)23-16-11-20-13(9-19)10-21-16;1-24(2)6-3-7-26-15-5-4-12(18)8-14(15)22-17(25)23-16-11-20-13(9-19)10-21-16/h4-5,8,10-11H,3,6-7H2,1-2H3,(H2,21,22,23,25);4-5,8,10-11H,3,6-7H2,1-2H3,(H2,21,22,23,25). The number of benzene rings is 2. The lowest BCUT2D eigenvalue weighted by Crippen LogP contribution is -2.33. The van der Waals surface area contributed by atoms with E-state index < -0.39 is 16.7 Å². The highest BCUT2D eigenvalue weighted by atomic mass is 35.5. The number of hydrogen-bond acceptors (Lipinski definition) is 12. The third-order valence-electron chi connectivity index (χ3n) is 6.50. The SMILES string of the molecule is CN(C)CCCOc1ccc(Cl)cc1NC(=O)Nc1cnc(C#N)cn1.C[N+](C)([O-])CCCOc1ccc(Cl)cc1NC(=O)Nc1cnc(C#N)cn1. The first kappa shape index (κ1) is 41.6. The molecule has 0 fully saturated rings. The Morgan fingerprint density at radius 2 is 1.21 bits per heavy atom. The molecule has 4 N–H and O–H groups in total. The minimum Gasteiger partial charge on any atom is -0.633 e. The number of nitrogens with zero attached hydrogens (tertiary/aromatic N) is 8. The quantitative estimate of drug-likeness (QED) is 0.0662. The molecule has 278 valence electrons. The number of anilines is 4. The molecule has 19 heteroatoms. The number of rotatable bonds is 14. The molecular formula is C34H38Cl2N12O5. The van der Waals surface area contributed by atoms with E-state index in [1.165, 1.54) is 24.8 Å². The fourth-order valence-electron chi connectivity index (χ4n) is 4.08. The summed E-state index contributed by atoms with van der Waals surface area (Å²) >= 11 is 12.0. The average Bonchev–Trinajstić information content (AvgIpc) is 3.10. The minimum atomic E-state index is -0.571. The fourth-order valence-corrected chi connectivity index (χ4v) is 4.43. The number of quaternary nitrogens is 1. The van der Waals surface area contributed by atoms with Crippen LogP contribution in [0.4, 0.5) is 32.6 Å². The van der Waals surface area contributed by atoms with Crippen molar-refractivity contribution < 1.29 is 23.7 Å². The predicted molar refractivity (Wildman–Crippen MR) is 201 cm³/mol. The molecule has 0 bridgehead atoms. The number of carbonyl (C=O) groups is 2. The van der Waals surface area contributed by atoms with E-state index in [1.54, 1.807) is 50.5 Å². The van der Waals surface area contributed by atoms with Crippen molar-refractivity contribution in [1.29, 1.82) is 10.5 Å². The van der Waals surface area contributed by atoms with Crippen LogP contribution in [0.15, 0.2) is 61.2 Å². The maximum absolute atomic E-state index is 12.2. The largest absolute Gasteiger partial charge is 0.633 e. The van der Waals surface area contributed by atoms with E-state index in [-0.39, 0.29) is 23.0 Å². The second-order valence-corrected chi connectivity index (χ2v) is 12.6. The highest BCUT2D eigenvalue weighted by molar-refractivity contribution is 6.31. The lowest BCUT2D eigenvalue weighted by Gasteiger charge is -2.33. The Labute approximate surface area is 316 Å². The molecule has 17 nitrogen and oxygen atoms in total. The van der Waals surface area contributed by atoms with E-state index in [0.29, 0.717) is 59.1 Å². The van der Waals surface area contributed by atoms with Gasteiger partial charge in [-0.3, -0.25) is 10.6 Å². The first-order valence-electron chi connectivity index (χ1n) is 15.9. The molecule has 2 aromatic heterocycles. The summed E-state index contributed by atoms with van der Waals surface area (Å²) in [5.41, 5.74) is 1.13. The van der Waals surface area contributed by atoms with Gasteiger partial charge >= 0.3 is 12.1 Å². The van der Waals surface area contributed by atoms with E-state index in [2.05, 4.69) is 46.1 Å². The Morgan fingerprint density at radius 1 is 0.755 bits per heavy atom. The lowest BCUT2D eigenvalue weighted by atomic mass is 10.3. The van der Waals surface area contributed by atoms with Crippen molar-refractivity contribution in [3.8, 4) is 23.6 Å². The molecule has 2 heterocycles. The van der Waals surface area contributed by atoms with Crippen LogP contribution in [0.3, 0.4) is 0 Å². The minimum absolute atomic E-state index is 0.145. The van der Waals surface area contributed by atoms with Crippen LogP contribution >= 0.6 is 23.2 Å². The number of aromatic nitrogens is 4. The summed E-state index contributed by atoms with van der Waals surface area (Å²) in [4.78, 5) is 41.9. The van der Waals surface area contributed by atoms with Gasteiger partial charge in [0.05, 0.1) is 70.0 Å². The number of halogens is 2. The normalized spacial score (nSPS) is 10.5. The fraction of sp³-hybridized carbons (Fsp3) is 0.294. The maximum Gasteiger partial charge on any atom is 0.325 e. The molecule has 4 rings (SSSR count). The number of urea groups is 2. The number of amides is 4. The number of nitrogens with one attached hydrogen (secondary N) is 4. The highest BCUT2D eigenvalue weighted by Crippen LogP contribution is 2.29. The summed E-state index contributed by atoms with van der Waals surface area (Å²) in [5, 5.41) is 40.2. The van der Waals surface area contributed by atoms with Crippen molar-refractivity contribution in [2.45, 2.75) is 12.8 Å². The second kappa shape index (κ2) is 20.9. The predicted octanol–water partition coefficient (Wildman–Crippen LogP) is 5.96. The summed E-state index contributed by atoms with van der Waals surface area (Å²) < 4.78 is 11.0. The molecule has 0 aliphatic rings. The smallest absolute Gasteiger partial charge is 0.325 e. The van der Waals surface area contributed by atoms with Crippen LogP contribution < -0.4 is 30.7 Å². The summed E-state index contributed by atoms with van der Waals surface area (Å²) in [6.07, 6.45) is 6.51. The van der Waals surface area contributed by atoms with Crippen molar-refractivity contribution in [2.75, 3.05) is 75.8 Å². The van der Waals surface area contributed by atoms with Crippen molar-refractivity contribution >= 4 is 58.3 Å². The summed E-state index contributed by atoms with van der Waals surface area (Å²) in [6.45, 7) is 2.14. The second-order valence-electron chi connectivity index (χ2n) is 11.7. The van der Waals surface area contributed by atoms with Gasteiger partial charge in [-0.15, -0.1) is 0 Å². The van der Waals surface area contributed by atoms with E-state index >= 15 is 0 Å². The Kier molecular flexibility index (Phi) is 16.4. The van der Waals surface area contributed by atoms with Crippen LogP contribution in [0, 0.1) is 27.9 Å². The number of hydroxylamine groups is 3. The number of hydrogen-bond donors (Lipinski definition) is 4. The molecule has 4 amide bonds. The molecule has 0 saturated carbocycles. The average molecular weight is 766 g/mol. The van der Waals surface area contributed by atoms with Crippen LogP contribution in [0.2, 0.25) is 10.0 Å². The number of carbonyl (C=O) groups excluding carboxylic acids is 2. The number of nitriles is 2. The summed E-state index contributed by atoms with van der Waals surface area (Å²) in [5.74, 6) is 1.36. The lowest BCUT2D eigenvalue weighted by molar-refractivity contribution is -0.840. The Bertz CT molecular complexity index is 1890. The van der Waals surface area contributed by atoms with Crippen LogP contribution in [-0.2, 0) is 0 Å². The first-order valence-corrected chi connectivity index (χ1v) is 16.6. The van der Waals surface area contributed by atoms with E-state index in [0.717, 1.165) is 13.0 Å². The van der Waals surface area contributed by atoms with Crippen molar-refractivity contribution in [2.24, 2.45) is 0 Å². The van der Waals surface area contributed by atoms with Crippen molar-refractivity contribution in [1.82, 2.24) is 24.8 Å². The summed E-state index contributed by atoms with van der Waals surface area (Å²) in [7, 11) is 7.11. The maximum atomic E-state index is 12.2. The molecule has 0 radical (unpaired) electrons. The molecule has 0 aliphatic heterocycles. The van der Waals surface area contributed by atoms with Crippen LogP contribution in [0.5, 0.6) is 11.5 Å². The van der Waals surface area contributed by atoms with Crippen LogP contribution in [0.25, 0.3) is 0 Å². The van der Waals surface area contributed by atoms with E-state index in [4.69, 9.17) is 43.2 Å².